The lowest BCUT2D eigenvalue weighted by molar-refractivity contribution is 0.392. The Labute approximate surface area is 141 Å². The molecule has 1 aliphatic rings. The number of nitrogens with one attached hydrogen (secondary N) is 2. The van der Waals surface area contributed by atoms with E-state index in [0.29, 0.717) is 12.6 Å². The number of benzene rings is 1. The van der Waals surface area contributed by atoms with Crippen molar-refractivity contribution in [3.63, 3.8) is 0 Å². The van der Waals surface area contributed by atoms with Crippen LogP contribution in [-0.4, -0.2) is 25.1 Å². The molecule has 0 atom stereocenters. The molecule has 0 aliphatic heterocycles. The van der Waals surface area contributed by atoms with Gasteiger partial charge >= 0.3 is 0 Å². The Morgan fingerprint density at radius 2 is 1.78 bits per heavy atom. The van der Waals surface area contributed by atoms with Gasteiger partial charge in [-0.3, -0.25) is 4.99 Å². The van der Waals surface area contributed by atoms with E-state index in [1.165, 1.54) is 38.5 Å². The molecule has 0 bridgehead atoms. The normalized spacial score (nSPS) is 17.6. The molecule has 0 amide bonds. The van der Waals surface area contributed by atoms with Crippen LogP contribution in [0.2, 0.25) is 0 Å². The monoisotopic (exact) mass is 316 g/mol. The highest BCUT2D eigenvalue weighted by atomic mass is 15.2. The van der Waals surface area contributed by atoms with Gasteiger partial charge in [0.05, 0.1) is 0 Å². The van der Waals surface area contributed by atoms with Crippen LogP contribution in [0.15, 0.2) is 35.3 Å². The van der Waals surface area contributed by atoms with Crippen molar-refractivity contribution in [2.45, 2.75) is 58.4 Å². The molecule has 23 heavy (non-hydrogen) atoms. The van der Waals surface area contributed by atoms with Crippen molar-refractivity contribution in [3.8, 4) is 0 Å². The summed E-state index contributed by atoms with van der Waals surface area (Å²) in [7, 11) is 0. The molecule has 1 aromatic rings. The fourth-order valence-corrected chi connectivity index (χ4v) is 2.75. The maximum Gasteiger partial charge on any atom is 0.196 e. The minimum atomic E-state index is 0.0226. The van der Waals surface area contributed by atoms with E-state index in [1.807, 2.05) is 18.2 Å². The summed E-state index contributed by atoms with van der Waals surface area (Å²) in [4.78, 5) is 4.80. The van der Waals surface area contributed by atoms with Crippen molar-refractivity contribution >= 4 is 11.6 Å². The zero-order chi connectivity index (χ0) is 16.5. The minimum absolute atomic E-state index is 0.0226. The maximum atomic E-state index is 5.84. The highest BCUT2D eigenvalue weighted by Crippen LogP contribution is 2.18. The number of hydrogen-bond donors (Lipinski definition) is 3. The van der Waals surface area contributed by atoms with Crippen LogP contribution in [0.4, 0.5) is 5.69 Å². The molecule has 0 radical (unpaired) electrons. The smallest absolute Gasteiger partial charge is 0.196 e. The van der Waals surface area contributed by atoms with E-state index in [2.05, 4.69) is 36.6 Å². The number of nitrogens with two attached hydrogens (primary N) is 1. The molecule has 0 heterocycles. The number of anilines is 1. The zero-order valence-electron chi connectivity index (χ0n) is 14.6. The van der Waals surface area contributed by atoms with Gasteiger partial charge in [-0.1, -0.05) is 57.7 Å². The lowest BCUT2D eigenvalue weighted by atomic mass is 9.94. The first-order valence-electron chi connectivity index (χ1n) is 8.92. The molecular formula is C19H32N4. The van der Waals surface area contributed by atoms with Crippen molar-refractivity contribution < 1.29 is 0 Å². The van der Waals surface area contributed by atoms with E-state index in [0.717, 1.165) is 18.2 Å². The predicted molar refractivity (Wildman–Crippen MR) is 99.8 cm³/mol. The van der Waals surface area contributed by atoms with Crippen LogP contribution in [0.5, 0.6) is 0 Å². The molecule has 1 fully saturated rings. The molecule has 4 N–H and O–H groups in total. The second-order valence-electron chi connectivity index (χ2n) is 7.36. The van der Waals surface area contributed by atoms with Gasteiger partial charge in [0.15, 0.2) is 5.96 Å². The first-order chi connectivity index (χ1) is 11.1. The Balaban J connectivity index is 2.05. The summed E-state index contributed by atoms with van der Waals surface area (Å²) >= 11 is 0. The Bertz CT molecular complexity index is 473. The van der Waals surface area contributed by atoms with Gasteiger partial charge in [-0.25, -0.2) is 0 Å². The largest absolute Gasteiger partial charge is 0.353 e. The van der Waals surface area contributed by atoms with E-state index >= 15 is 0 Å². The fourth-order valence-electron chi connectivity index (χ4n) is 2.75. The summed E-state index contributed by atoms with van der Waals surface area (Å²) in [6, 6.07) is 10.8. The van der Waals surface area contributed by atoms with Gasteiger partial charge in [0, 0.05) is 18.3 Å². The summed E-state index contributed by atoms with van der Waals surface area (Å²) in [5.74, 6) is 0.879. The number of para-hydroxylation sites is 1. The standard InChI is InChI=1S/C19H32N4/c1-19(2,14-20)15-21-18(23-17-12-8-5-9-13-17)22-16-10-6-3-4-7-11-16/h5,8-9,12-13,16H,3-4,6-7,10-11,14-15,20H2,1-2H3,(H2,21,22,23). The molecule has 4 heteroatoms. The van der Waals surface area contributed by atoms with Crippen LogP contribution in [0.1, 0.15) is 52.4 Å². The van der Waals surface area contributed by atoms with Crippen LogP contribution in [0.25, 0.3) is 0 Å². The predicted octanol–water partition coefficient (Wildman–Crippen LogP) is 3.75. The lowest BCUT2D eigenvalue weighted by Crippen LogP contribution is -2.40. The first kappa shape index (κ1) is 17.8. The highest BCUT2D eigenvalue weighted by molar-refractivity contribution is 5.93. The SMILES string of the molecule is CC(C)(CN)CN=C(Nc1ccccc1)NC1CCCCCC1. The molecule has 1 aromatic carbocycles. The van der Waals surface area contributed by atoms with Gasteiger partial charge in [0.2, 0.25) is 0 Å². The Kier molecular flexibility index (Phi) is 6.90. The molecule has 1 aliphatic carbocycles. The molecule has 2 rings (SSSR count). The number of rotatable bonds is 5. The summed E-state index contributed by atoms with van der Waals surface area (Å²) in [5, 5.41) is 7.08. The third kappa shape index (κ3) is 6.61. The van der Waals surface area contributed by atoms with Crippen LogP contribution in [-0.2, 0) is 0 Å². The average molecular weight is 316 g/mol. The zero-order valence-corrected chi connectivity index (χ0v) is 14.6. The second-order valence-corrected chi connectivity index (χ2v) is 7.36. The molecule has 0 unspecified atom stereocenters. The Morgan fingerprint density at radius 1 is 1.13 bits per heavy atom. The summed E-state index contributed by atoms with van der Waals surface area (Å²) in [6.45, 7) is 5.67. The number of hydrogen-bond acceptors (Lipinski definition) is 2. The van der Waals surface area contributed by atoms with Gasteiger partial charge < -0.3 is 16.4 Å². The van der Waals surface area contributed by atoms with E-state index in [9.17, 15) is 0 Å². The fraction of sp³-hybridized carbons (Fsp3) is 0.632. The van der Waals surface area contributed by atoms with Gasteiger partial charge in [-0.05, 0) is 36.9 Å². The van der Waals surface area contributed by atoms with Gasteiger partial charge in [0.1, 0.15) is 0 Å². The van der Waals surface area contributed by atoms with Crippen molar-refractivity contribution in [1.82, 2.24) is 5.32 Å². The second kappa shape index (κ2) is 8.92. The third-order valence-electron chi connectivity index (χ3n) is 4.45. The maximum absolute atomic E-state index is 5.84. The summed E-state index contributed by atoms with van der Waals surface area (Å²) < 4.78 is 0. The topological polar surface area (TPSA) is 62.4 Å². The molecule has 0 saturated heterocycles. The Hall–Kier alpha value is -1.55. The number of guanidine groups is 1. The molecule has 1 saturated carbocycles. The van der Waals surface area contributed by atoms with E-state index < -0.39 is 0 Å². The van der Waals surface area contributed by atoms with E-state index in [-0.39, 0.29) is 5.41 Å². The third-order valence-corrected chi connectivity index (χ3v) is 4.45. The van der Waals surface area contributed by atoms with Crippen molar-refractivity contribution in [3.05, 3.63) is 30.3 Å². The molecule has 4 nitrogen and oxygen atoms in total. The molecule has 128 valence electrons. The van der Waals surface area contributed by atoms with Gasteiger partial charge in [-0.2, -0.15) is 0 Å². The van der Waals surface area contributed by atoms with E-state index in [1.54, 1.807) is 0 Å². The quantitative estimate of drug-likeness (QED) is 0.440. The summed E-state index contributed by atoms with van der Waals surface area (Å²) in [6.07, 6.45) is 7.80. The van der Waals surface area contributed by atoms with Crippen LogP contribution in [0, 0.1) is 5.41 Å². The van der Waals surface area contributed by atoms with Crippen LogP contribution >= 0.6 is 0 Å². The van der Waals surface area contributed by atoms with Crippen molar-refractivity contribution in [2.75, 3.05) is 18.4 Å². The van der Waals surface area contributed by atoms with Crippen LogP contribution in [0.3, 0.4) is 0 Å². The highest BCUT2D eigenvalue weighted by Gasteiger charge is 2.17. The average Bonchev–Trinajstić information content (AvgIpc) is 2.82. The van der Waals surface area contributed by atoms with Crippen molar-refractivity contribution in [1.29, 1.82) is 0 Å². The molecule has 0 aromatic heterocycles. The van der Waals surface area contributed by atoms with Crippen LogP contribution < -0.4 is 16.4 Å². The first-order valence-corrected chi connectivity index (χ1v) is 8.92. The van der Waals surface area contributed by atoms with Gasteiger partial charge in [0.25, 0.3) is 0 Å². The minimum Gasteiger partial charge on any atom is -0.353 e. The molecule has 0 spiro atoms. The summed E-state index contributed by atoms with van der Waals surface area (Å²) in [5.41, 5.74) is 6.93. The lowest BCUT2D eigenvalue weighted by Gasteiger charge is -2.23. The van der Waals surface area contributed by atoms with Crippen molar-refractivity contribution in [2.24, 2.45) is 16.1 Å². The number of aliphatic imine (C=N–C) groups is 1. The number of nitrogens with zero attached hydrogens (tertiary/aromatic N) is 1. The molecular weight excluding hydrogens is 284 g/mol. The van der Waals surface area contributed by atoms with E-state index in [4.69, 9.17) is 10.7 Å². The Morgan fingerprint density at radius 3 is 2.39 bits per heavy atom. The van der Waals surface area contributed by atoms with Gasteiger partial charge in [-0.15, -0.1) is 0 Å².